The van der Waals surface area contributed by atoms with Crippen molar-refractivity contribution in [2.45, 2.75) is 19.3 Å². The summed E-state index contributed by atoms with van der Waals surface area (Å²) in [6.07, 6.45) is 3.41. The van der Waals surface area contributed by atoms with E-state index in [-0.39, 0.29) is 11.4 Å². The summed E-state index contributed by atoms with van der Waals surface area (Å²) in [6, 6.07) is 6.40. The molecule has 0 bridgehead atoms. The molecule has 0 unspecified atom stereocenters. The number of hydrogen-bond acceptors (Lipinski definition) is 6. The van der Waals surface area contributed by atoms with Crippen molar-refractivity contribution in [2.24, 2.45) is 0 Å². The maximum absolute atomic E-state index is 13.3. The molecule has 1 N–H and O–H groups in total. The van der Waals surface area contributed by atoms with Crippen LogP contribution in [0.1, 0.15) is 29.8 Å². The van der Waals surface area contributed by atoms with E-state index in [4.69, 9.17) is 0 Å². The van der Waals surface area contributed by atoms with E-state index < -0.39 is 22.3 Å². The number of nitro groups is 1. The lowest BCUT2D eigenvalue weighted by Crippen LogP contribution is -2.30. The molecular formula is C16H16FN5O3. The summed E-state index contributed by atoms with van der Waals surface area (Å²) in [6.45, 7) is 1.83. The molecule has 130 valence electrons. The lowest BCUT2D eigenvalue weighted by molar-refractivity contribution is -0.387. The standard InChI is InChI=1S/C16H16FN5O3/c17-12-5-4-11(10-14(12)22(24)25)18-16(23)13-6-7-15(20-19-13)21-8-2-1-3-9-21/h4-7,10H,1-3,8-9H2,(H,18,23). The van der Waals surface area contributed by atoms with Gasteiger partial charge >= 0.3 is 5.69 Å². The van der Waals surface area contributed by atoms with E-state index >= 15 is 0 Å². The second-order valence-corrected chi connectivity index (χ2v) is 5.70. The van der Waals surface area contributed by atoms with Crippen molar-refractivity contribution in [3.8, 4) is 0 Å². The first-order chi connectivity index (χ1) is 12.0. The third-order valence-corrected chi connectivity index (χ3v) is 3.96. The molecule has 0 radical (unpaired) electrons. The molecule has 1 amide bonds. The first-order valence-electron chi connectivity index (χ1n) is 7.88. The molecule has 1 aliphatic rings. The zero-order valence-electron chi connectivity index (χ0n) is 13.3. The fraction of sp³-hybridized carbons (Fsp3) is 0.312. The monoisotopic (exact) mass is 345 g/mol. The molecule has 8 nitrogen and oxygen atoms in total. The van der Waals surface area contributed by atoms with E-state index in [9.17, 15) is 19.3 Å². The number of carbonyl (C=O) groups excluding carboxylic acids is 1. The van der Waals surface area contributed by atoms with Gasteiger partial charge in [0.25, 0.3) is 5.91 Å². The Bertz CT molecular complexity index is 791. The minimum Gasteiger partial charge on any atom is -0.355 e. The minimum absolute atomic E-state index is 0.0766. The van der Waals surface area contributed by atoms with Crippen molar-refractivity contribution in [2.75, 3.05) is 23.3 Å². The smallest absolute Gasteiger partial charge is 0.306 e. The van der Waals surface area contributed by atoms with Gasteiger partial charge in [0.2, 0.25) is 5.82 Å². The van der Waals surface area contributed by atoms with Gasteiger partial charge in [-0.2, -0.15) is 4.39 Å². The molecule has 0 saturated carbocycles. The van der Waals surface area contributed by atoms with Crippen LogP contribution in [0.15, 0.2) is 30.3 Å². The van der Waals surface area contributed by atoms with Crippen LogP contribution in [0.3, 0.4) is 0 Å². The Kier molecular flexibility index (Phi) is 4.82. The van der Waals surface area contributed by atoms with Gasteiger partial charge in [0.15, 0.2) is 11.5 Å². The van der Waals surface area contributed by atoms with Crippen molar-refractivity contribution in [1.82, 2.24) is 10.2 Å². The maximum atomic E-state index is 13.3. The van der Waals surface area contributed by atoms with Crippen LogP contribution >= 0.6 is 0 Å². The molecule has 1 fully saturated rings. The second-order valence-electron chi connectivity index (χ2n) is 5.70. The third kappa shape index (κ3) is 3.87. The summed E-state index contributed by atoms with van der Waals surface area (Å²) >= 11 is 0. The molecule has 0 atom stereocenters. The molecule has 0 aliphatic carbocycles. The average Bonchev–Trinajstić information content (AvgIpc) is 2.64. The van der Waals surface area contributed by atoms with E-state index in [1.165, 1.54) is 12.5 Å². The van der Waals surface area contributed by atoms with Crippen LogP contribution in [-0.4, -0.2) is 34.1 Å². The predicted octanol–water partition coefficient (Wildman–Crippen LogP) is 2.77. The number of rotatable bonds is 4. The van der Waals surface area contributed by atoms with Crippen LogP contribution in [0.25, 0.3) is 0 Å². The van der Waals surface area contributed by atoms with Gasteiger partial charge in [0.1, 0.15) is 0 Å². The molecule has 2 heterocycles. The van der Waals surface area contributed by atoms with Crippen LogP contribution in [0, 0.1) is 15.9 Å². The van der Waals surface area contributed by atoms with Gasteiger partial charge < -0.3 is 10.2 Å². The quantitative estimate of drug-likeness (QED) is 0.675. The number of carbonyl (C=O) groups is 1. The van der Waals surface area contributed by atoms with Gasteiger partial charge in [0, 0.05) is 24.8 Å². The largest absolute Gasteiger partial charge is 0.355 e. The third-order valence-electron chi connectivity index (χ3n) is 3.96. The lowest BCUT2D eigenvalue weighted by Gasteiger charge is -2.27. The summed E-state index contributed by atoms with van der Waals surface area (Å²) in [4.78, 5) is 24.2. The molecule has 1 aromatic carbocycles. The van der Waals surface area contributed by atoms with Gasteiger partial charge in [-0.1, -0.05) is 0 Å². The highest BCUT2D eigenvalue weighted by Crippen LogP contribution is 2.22. The van der Waals surface area contributed by atoms with Crippen LogP contribution < -0.4 is 10.2 Å². The first-order valence-corrected chi connectivity index (χ1v) is 7.88. The number of amides is 1. The molecule has 2 aromatic rings. The Morgan fingerprint density at radius 1 is 1.16 bits per heavy atom. The highest BCUT2D eigenvalue weighted by Gasteiger charge is 2.17. The van der Waals surface area contributed by atoms with Gasteiger partial charge in [-0.25, -0.2) is 0 Å². The van der Waals surface area contributed by atoms with Gasteiger partial charge in [-0.3, -0.25) is 14.9 Å². The van der Waals surface area contributed by atoms with Crippen molar-refractivity contribution < 1.29 is 14.1 Å². The highest BCUT2D eigenvalue weighted by molar-refractivity contribution is 6.02. The minimum atomic E-state index is -0.964. The van der Waals surface area contributed by atoms with E-state index in [1.807, 2.05) is 0 Å². The molecule has 3 rings (SSSR count). The number of hydrogen-bond donors (Lipinski definition) is 1. The molecule has 9 heteroatoms. The Morgan fingerprint density at radius 2 is 1.92 bits per heavy atom. The molecule has 1 saturated heterocycles. The summed E-state index contributed by atoms with van der Waals surface area (Å²) in [7, 11) is 0. The van der Waals surface area contributed by atoms with E-state index in [0.717, 1.165) is 38.1 Å². The number of halogens is 1. The fourth-order valence-corrected chi connectivity index (χ4v) is 2.66. The zero-order chi connectivity index (χ0) is 17.8. The fourth-order valence-electron chi connectivity index (χ4n) is 2.66. The van der Waals surface area contributed by atoms with Gasteiger partial charge in [-0.05, 0) is 43.5 Å². The Balaban J connectivity index is 1.71. The Morgan fingerprint density at radius 3 is 2.56 bits per heavy atom. The van der Waals surface area contributed by atoms with Crippen LogP contribution in [-0.2, 0) is 0 Å². The second kappa shape index (κ2) is 7.20. The average molecular weight is 345 g/mol. The summed E-state index contributed by atoms with van der Waals surface area (Å²) in [5, 5.41) is 21.2. The Labute approximate surface area is 142 Å². The molecule has 25 heavy (non-hydrogen) atoms. The predicted molar refractivity (Wildman–Crippen MR) is 89.1 cm³/mol. The van der Waals surface area contributed by atoms with Gasteiger partial charge in [0.05, 0.1) is 4.92 Å². The number of aromatic nitrogens is 2. The van der Waals surface area contributed by atoms with E-state index in [1.54, 1.807) is 12.1 Å². The number of nitro benzene ring substituents is 1. The zero-order valence-corrected chi connectivity index (χ0v) is 13.3. The maximum Gasteiger partial charge on any atom is 0.306 e. The summed E-state index contributed by atoms with van der Waals surface area (Å²) in [5.41, 5.74) is -0.517. The van der Waals surface area contributed by atoms with Crippen molar-refractivity contribution in [3.05, 3.63) is 52.0 Å². The van der Waals surface area contributed by atoms with E-state index in [2.05, 4.69) is 20.4 Å². The van der Waals surface area contributed by atoms with Gasteiger partial charge in [-0.15, -0.1) is 10.2 Å². The van der Waals surface area contributed by atoms with Crippen molar-refractivity contribution in [3.63, 3.8) is 0 Å². The Hall–Kier alpha value is -3.10. The summed E-state index contributed by atoms with van der Waals surface area (Å²) < 4.78 is 13.3. The number of piperidine rings is 1. The highest BCUT2D eigenvalue weighted by atomic mass is 19.1. The SMILES string of the molecule is O=C(Nc1ccc(F)c([N+](=O)[O-])c1)c1ccc(N2CCCCC2)nn1. The van der Waals surface area contributed by atoms with Crippen molar-refractivity contribution >= 4 is 23.1 Å². The van der Waals surface area contributed by atoms with Crippen molar-refractivity contribution in [1.29, 1.82) is 0 Å². The van der Waals surface area contributed by atoms with Crippen LogP contribution in [0.5, 0.6) is 0 Å². The van der Waals surface area contributed by atoms with Crippen LogP contribution in [0.4, 0.5) is 21.6 Å². The first kappa shape index (κ1) is 16.7. The normalized spacial score (nSPS) is 14.2. The number of nitrogens with zero attached hydrogens (tertiary/aromatic N) is 4. The molecule has 0 spiro atoms. The number of nitrogens with one attached hydrogen (secondary N) is 1. The van der Waals surface area contributed by atoms with Crippen LogP contribution in [0.2, 0.25) is 0 Å². The number of anilines is 2. The molecule has 1 aliphatic heterocycles. The molecule has 1 aromatic heterocycles. The molecular weight excluding hydrogens is 329 g/mol. The summed E-state index contributed by atoms with van der Waals surface area (Å²) in [5.74, 6) is -0.819. The number of benzene rings is 1. The topological polar surface area (TPSA) is 101 Å². The lowest BCUT2D eigenvalue weighted by atomic mass is 10.1. The van der Waals surface area contributed by atoms with E-state index in [0.29, 0.717) is 5.82 Å².